The molecule has 5 nitrogen and oxygen atoms in total. The van der Waals surface area contributed by atoms with Gasteiger partial charge in [0.25, 0.3) is 0 Å². The largest absolute Gasteiger partial charge is 0.390 e. The summed E-state index contributed by atoms with van der Waals surface area (Å²) in [6, 6.07) is 8.18. The Hall–Kier alpha value is 2.11. The Balaban J connectivity index is -0.000000412. The van der Waals surface area contributed by atoms with Crippen molar-refractivity contribution in [3.05, 3.63) is 59.1 Å². The van der Waals surface area contributed by atoms with E-state index in [2.05, 4.69) is 100 Å². The number of fused-ring (bicyclic) bond motifs is 2. The Morgan fingerprint density at radius 1 is 0.879 bits per heavy atom. The van der Waals surface area contributed by atoms with Crippen LogP contribution >= 0.6 is 89.0 Å². The molecule has 33 heavy (non-hydrogen) atoms. The summed E-state index contributed by atoms with van der Waals surface area (Å²) < 4.78 is -0.183. The van der Waals surface area contributed by atoms with E-state index in [4.69, 9.17) is 5.11 Å². The van der Waals surface area contributed by atoms with Gasteiger partial charge in [-0.2, -0.15) is 0 Å². The van der Waals surface area contributed by atoms with Crippen molar-refractivity contribution in [2.24, 2.45) is 0 Å². The van der Waals surface area contributed by atoms with Crippen molar-refractivity contribution in [2.75, 3.05) is 23.7 Å². The van der Waals surface area contributed by atoms with Crippen LogP contribution in [-0.2, 0) is 61.9 Å². The SMILES string of the molecule is BrCc1ccc2c(n1)NCCC2.BrP(Br)Br.OCc1ccc2c(n1)NCCC2.[CH2-]I.[CH3-].[V].[V]. The van der Waals surface area contributed by atoms with Crippen LogP contribution in [0.2, 0.25) is 0 Å². The summed E-state index contributed by atoms with van der Waals surface area (Å²) >= 11 is 14.8. The average molecular weight is 920 g/mol. The van der Waals surface area contributed by atoms with Gasteiger partial charge in [0.1, 0.15) is 15.7 Å². The molecule has 2 aromatic heterocycles. The average Bonchev–Trinajstić information content (AvgIpc) is 2.79. The molecule has 0 bridgehead atoms. The molecule has 3 N–H and O–H groups in total. The van der Waals surface area contributed by atoms with Gasteiger partial charge >= 0.3 is 0 Å². The van der Waals surface area contributed by atoms with Crippen LogP contribution in [0.3, 0.4) is 0 Å². The summed E-state index contributed by atoms with van der Waals surface area (Å²) in [6.07, 6.45) is 4.66. The zero-order valence-electron chi connectivity index (χ0n) is 18.2. The van der Waals surface area contributed by atoms with Gasteiger partial charge in [-0.3, -0.25) is 4.93 Å². The number of aryl methyl sites for hydroxylation is 2. The number of aliphatic hydroxyl groups excluding tert-OH is 1. The van der Waals surface area contributed by atoms with E-state index in [-0.39, 0.29) is 55.2 Å². The summed E-state index contributed by atoms with van der Waals surface area (Å²) in [4.78, 5) is 12.0. The first-order chi connectivity index (χ1) is 14.5. The summed E-state index contributed by atoms with van der Waals surface area (Å²) in [7, 11) is 0. The first kappa shape index (κ1) is 39.6. The molecule has 4 rings (SSSR count). The second kappa shape index (κ2) is 24.4. The van der Waals surface area contributed by atoms with Crippen LogP contribution in [0.25, 0.3) is 0 Å². The summed E-state index contributed by atoms with van der Waals surface area (Å²) in [5, 5.41) is 16.2. The van der Waals surface area contributed by atoms with Crippen molar-refractivity contribution in [2.45, 2.75) is 37.6 Å². The maximum atomic E-state index is 8.85. The molecule has 0 aromatic carbocycles. The molecule has 2 aliphatic heterocycles. The van der Waals surface area contributed by atoms with E-state index in [1.165, 1.54) is 24.0 Å². The third-order valence-electron chi connectivity index (χ3n) is 4.20. The number of rotatable bonds is 2. The van der Waals surface area contributed by atoms with Gasteiger partial charge in [-0.25, -0.2) is 9.97 Å². The Kier molecular flexibility index (Phi) is 29.3. The maximum Gasteiger partial charge on any atom is 0.129 e. The monoisotopic (exact) mass is 916 g/mol. The minimum absolute atomic E-state index is 0. The van der Waals surface area contributed by atoms with E-state index in [0.717, 1.165) is 54.3 Å². The van der Waals surface area contributed by atoms with Crippen molar-refractivity contribution >= 4 is 101 Å². The molecule has 0 spiro atoms. The van der Waals surface area contributed by atoms with Gasteiger partial charge in [-0.15, -0.1) is 0 Å². The van der Waals surface area contributed by atoms with Gasteiger partial charge in [0.2, 0.25) is 0 Å². The predicted octanol–water partition coefficient (Wildman–Crippen LogP) is 8.32. The van der Waals surface area contributed by atoms with E-state index in [1.54, 1.807) is 0 Å². The molecule has 0 saturated heterocycles. The van der Waals surface area contributed by atoms with Crippen molar-refractivity contribution in [1.82, 2.24) is 9.97 Å². The number of pyridine rings is 2. The van der Waals surface area contributed by atoms with Crippen LogP contribution in [0.4, 0.5) is 11.6 Å². The molecule has 0 amide bonds. The molecule has 4 heterocycles. The van der Waals surface area contributed by atoms with Gasteiger partial charge in [0, 0.05) is 55.5 Å². The number of nitrogens with one attached hydrogen (secondary N) is 2. The molecular formula is C20H28Br4IN4OPV2-2. The fourth-order valence-corrected chi connectivity index (χ4v) is 3.21. The molecule has 0 fully saturated rings. The third-order valence-corrected chi connectivity index (χ3v) is 4.78. The Labute approximate surface area is 270 Å². The summed E-state index contributed by atoms with van der Waals surface area (Å²) in [6.45, 7) is 2.08. The number of hydrogen-bond donors (Lipinski definition) is 3. The van der Waals surface area contributed by atoms with Crippen molar-refractivity contribution < 1.29 is 42.2 Å². The maximum absolute atomic E-state index is 8.85. The van der Waals surface area contributed by atoms with Crippen molar-refractivity contribution in [3.8, 4) is 0 Å². The zero-order valence-corrected chi connectivity index (χ0v) is 30.4. The molecular weight excluding hydrogens is 892 g/mol. The normalized spacial score (nSPS) is 12.2. The predicted molar refractivity (Wildman–Crippen MR) is 160 cm³/mol. The van der Waals surface area contributed by atoms with Crippen LogP contribution in [0.15, 0.2) is 24.3 Å². The topological polar surface area (TPSA) is 70.1 Å². The number of aromatic nitrogens is 2. The Bertz CT molecular complexity index is 708. The van der Waals surface area contributed by atoms with Crippen LogP contribution in [-0.4, -0.2) is 28.2 Å². The van der Waals surface area contributed by atoms with Gasteiger partial charge in [0.15, 0.2) is 0 Å². The fourth-order valence-electron chi connectivity index (χ4n) is 2.90. The van der Waals surface area contributed by atoms with Crippen molar-refractivity contribution in [1.29, 1.82) is 0 Å². The van der Waals surface area contributed by atoms with Gasteiger partial charge < -0.3 is 45.8 Å². The number of alkyl halides is 1. The fraction of sp³-hybridized carbons (Fsp3) is 0.400. The van der Waals surface area contributed by atoms with Crippen LogP contribution < -0.4 is 10.6 Å². The minimum Gasteiger partial charge on any atom is -0.390 e. The summed E-state index contributed by atoms with van der Waals surface area (Å²) in [5.74, 6) is 2.03. The molecule has 2 aromatic rings. The molecule has 0 saturated carbocycles. The molecule has 13 heteroatoms. The van der Waals surface area contributed by atoms with Crippen LogP contribution in [0, 0.1) is 12.4 Å². The molecule has 0 unspecified atom stereocenters. The van der Waals surface area contributed by atoms with E-state index < -0.39 is 0 Å². The number of anilines is 2. The van der Waals surface area contributed by atoms with Crippen molar-refractivity contribution in [3.63, 3.8) is 0 Å². The van der Waals surface area contributed by atoms with Crippen LogP contribution in [0.1, 0.15) is 35.4 Å². The number of halogens is 5. The second-order valence-electron chi connectivity index (χ2n) is 6.16. The molecule has 0 aliphatic carbocycles. The van der Waals surface area contributed by atoms with E-state index in [1.807, 2.05) is 34.7 Å². The molecule has 0 atom stereocenters. The third kappa shape index (κ3) is 16.5. The number of aliphatic hydroxyl groups is 1. The van der Waals surface area contributed by atoms with Crippen LogP contribution in [0.5, 0.6) is 0 Å². The van der Waals surface area contributed by atoms with Gasteiger partial charge in [0.05, 0.1) is 18.0 Å². The number of hydrogen-bond acceptors (Lipinski definition) is 5. The Morgan fingerprint density at radius 2 is 1.27 bits per heavy atom. The molecule has 186 valence electrons. The molecule has 2 aliphatic rings. The van der Waals surface area contributed by atoms with E-state index in [0.29, 0.717) is 0 Å². The molecule has 2 radical (unpaired) electrons. The first-order valence-electron chi connectivity index (χ1n) is 9.19. The quantitative estimate of drug-likeness (QED) is 0.123. The second-order valence-corrected chi connectivity index (χ2v) is 22.1. The van der Waals surface area contributed by atoms with Gasteiger partial charge in [-0.1, -0.05) is 28.1 Å². The minimum atomic E-state index is -0.183. The van der Waals surface area contributed by atoms with E-state index in [9.17, 15) is 0 Å². The Morgan fingerprint density at radius 3 is 1.67 bits per heavy atom. The number of nitrogens with zero attached hydrogens (tertiary/aromatic N) is 2. The van der Waals surface area contributed by atoms with E-state index >= 15 is 0 Å². The zero-order chi connectivity index (χ0) is 22.4. The first-order valence-corrected chi connectivity index (χ1v) is 19.2. The summed E-state index contributed by atoms with van der Waals surface area (Å²) in [5.41, 5.74) is 4.45. The standard InChI is InChI=1S/C9H11BrN2.C9H12N2O.CH2I.CH3.Br3P.2V/c10-6-8-4-3-7-2-1-5-11-9(7)12-8;12-6-8-4-3-7-2-1-5-10-9(7)11-8;1-2;;1-4(2)3;;/h3-4H,1-2,5-6H2,(H,11,12);3-4,12H,1-2,5-6H2,(H,10,11);1H2;1H3;;;/q;;2*-1;;;. The smallest absolute Gasteiger partial charge is 0.129 e. The van der Waals surface area contributed by atoms with Gasteiger partial charge in [-0.05, 0) is 95.4 Å².